The Morgan fingerprint density at radius 1 is 1.05 bits per heavy atom. The van der Waals surface area contributed by atoms with E-state index in [1.165, 1.54) is 12.1 Å². The van der Waals surface area contributed by atoms with Gasteiger partial charge in [0.2, 0.25) is 0 Å². The summed E-state index contributed by atoms with van der Waals surface area (Å²) in [7, 11) is 0. The number of hydrogen-bond donors (Lipinski definition) is 2. The van der Waals surface area contributed by atoms with Crippen LogP contribution in [-0.4, -0.2) is 11.7 Å². The van der Waals surface area contributed by atoms with Crippen molar-refractivity contribution in [3.8, 4) is 0 Å². The van der Waals surface area contributed by atoms with Gasteiger partial charge in [0.15, 0.2) is 0 Å². The van der Waals surface area contributed by atoms with Gasteiger partial charge in [-0.25, -0.2) is 13.2 Å². The van der Waals surface area contributed by atoms with E-state index in [9.17, 15) is 18.3 Å². The number of hydrogen-bond acceptors (Lipinski definition) is 2. The fourth-order valence-corrected chi connectivity index (χ4v) is 2.05. The fourth-order valence-electron chi connectivity index (χ4n) is 1.72. The van der Waals surface area contributed by atoms with Crippen molar-refractivity contribution in [1.82, 2.24) is 0 Å². The Hall–Kier alpha value is -1.53. The molecule has 0 fully saturated rings. The standard InChI is InChI=1S/C14H11BrF3NO/c15-8-1-4-13(12(18)5-8)19-7-14(20)10-3-2-9(16)6-11(10)17/h1-6,14,19-20H,7H2. The molecule has 1 atom stereocenters. The van der Waals surface area contributed by atoms with Crippen LogP contribution in [0.3, 0.4) is 0 Å². The van der Waals surface area contributed by atoms with Crippen LogP contribution in [0, 0.1) is 17.5 Å². The van der Waals surface area contributed by atoms with Crippen LogP contribution < -0.4 is 5.32 Å². The third-order valence-electron chi connectivity index (χ3n) is 2.74. The highest BCUT2D eigenvalue weighted by Gasteiger charge is 2.14. The van der Waals surface area contributed by atoms with Crippen LogP contribution in [0.2, 0.25) is 0 Å². The minimum absolute atomic E-state index is 0.0450. The summed E-state index contributed by atoms with van der Waals surface area (Å²) < 4.78 is 40.3. The summed E-state index contributed by atoms with van der Waals surface area (Å²) in [5, 5.41) is 12.5. The first kappa shape index (κ1) is 14.9. The van der Waals surface area contributed by atoms with Gasteiger partial charge >= 0.3 is 0 Å². The lowest BCUT2D eigenvalue weighted by molar-refractivity contribution is 0.186. The summed E-state index contributed by atoms with van der Waals surface area (Å²) in [6.45, 7) is -0.0961. The zero-order valence-electron chi connectivity index (χ0n) is 10.2. The van der Waals surface area contributed by atoms with Gasteiger partial charge in [-0.2, -0.15) is 0 Å². The second-order valence-electron chi connectivity index (χ2n) is 4.19. The maximum absolute atomic E-state index is 13.5. The predicted molar refractivity (Wildman–Crippen MR) is 73.9 cm³/mol. The summed E-state index contributed by atoms with van der Waals surface area (Å²) in [4.78, 5) is 0. The Balaban J connectivity index is 2.06. The molecule has 1 unspecified atom stereocenters. The first-order chi connectivity index (χ1) is 9.47. The topological polar surface area (TPSA) is 32.3 Å². The minimum atomic E-state index is -1.21. The minimum Gasteiger partial charge on any atom is -0.386 e. The average Bonchev–Trinajstić information content (AvgIpc) is 2.37. The maximum Gasteiger partial charge on any atom is 0.147 e. The molecule has 2 aromatic carbocycles. The van der Waals surface area contributed by atoms with E-state index in [-0.39, 0.29) is 17.8 Å². The lowest BCUT2D eigenvalue weighted by Gasteiger charge is -2.14. The van der Waals surface area contributed by atoms with E-state index in [1.54, 1.807) is 6.07 Å². The van der Waals surface area contributed by atoms with Gasteiger partial charge in [-0.1, -0.05) is 22.0 Å². The zero-order valence-corrected chi connectivity index (χ0v) is 11.8. The number of aliphatic hydroxyl groups is 1. The van der Waals surface area contributed by atoms with E-state index in [4.69, 9.17) is 0 Å². The molecule has 0 aliphatic rings. The third kappa shape index (κ3) is 3.52. The first-order valence-electron chi connectivity index (χ1n) is 5.79. The van der Waals surface area contributed by atoms with E-state index in [2.05, 4.69) is 21.2 Å². The second kappa shape index (κ2) is 6.28. The molecule has 0 aliphatic heterocycles. The Morgan fingerprint density at radius 3 is 2.45 bits per heavy atom. The maximum atomic E-state index is 13.5. The van der Waals surface area contributed by atoms with Gasteiger partial charge in [0, 0.05) is 22.6 Å². The van der Waals surface area contributed by atoms with Gasteiger partial charge in [0.25, 0.3) is 0 Å². The molecular formula is C14H11BrF3NO. The van der Waals surface area contributed by atoms with Crippen molar-refractivity contribution in [3.63, 3.8) is 0 Å². The number of nitrogens with one attached hydrogen (secondary N) is 1. The SMILES string of the molecule is OC(CNc1ccc(Br)cc1F)c1ccc(F)cc1F. The number of rotatable bonds is 4. The predicted octanol–water partition coefficient (Wildman–Crippen LogP) is 4.01. The lowest BCUT2D eigenvalue weighted by Crippen LogP contribution is -2.14. The summed E-state index contributed by atoms with van der Waals surface area (Å²) >= 11 is 3.13. The Kier molecular flexibility index (Phi) is 4.67. The zero-order chi connectivity index (χ0) is 14.7. The van der Waals surface area contributed by atoms with Gasteiger partial charge in [0.05, 0.1) is 11.8 Å². The van der Waals surface area contributed by atoms with Crippen molar-refractivity contribution < 1.29 is 18.3 Å². The Morgan fingerprint density at radius 2 is 1.80 bits per heavy atom. The van der Waals surface area contributed by atoms with Crippen LogP contribution in [-0.2, 0) is 0 Å². The molecule has 2 nitrogen and oxygen atoms in total. The molecule has 0 amide bonds. The quantitative estimate of drug-likeness (QED) is 0.877. The monoisotopic (exact) mass is 345 g/mol. The molecule has 0 bridgehead atoms. The molecule has 2 N–H and O–H groups in total. The van der Waals surface area contributed by atoms with E-state index in [0.29, 0.717) is 10.5 Å². The Bertz CT molecular complexity index is 621. The second-order valence-corrected chi connectivity index (χ2v) is 5.10. The van der Waals surface area contributed by atoms with Crippen LogP contribution in [0.25, 0.3) is 0 Å². The van der Waals surface area contributed by atoms with Gasteiger partial charge in [-0.15, -0.1) is 0 Å². The van der Waals surface area contributed by atoms with Crippen molar-refractivity contribution in [2.24, 2.45) is 0 Å². The molecular weight excluding hydrogens is 335 g/mol. The summed E-state index contributed by atoms with van der Waals surface area (Å²) in [5.74, 6) is -2.05. The first-order valence-corrected chi connectivity index (χ1v) is 6.58. The molecule has 2 aromatic rings. The molecule has 0 saturated heterocycles. The van der Waals surface area contributed by atoms with Gasteiger partial charge in [-0.3, -0.25) is 0 Å². The molecule has 6 heteroatoms. The third-order valence-corrected chi connectivity index (χ3v) is 3.23. The molecule has 20 heavy (non-hydrogen) atoms. The van der Waals surface area contributed by atoms with Gasteiger partial charge in [-0.05, 0) is 24.3 Å². The largest absolute Gasteiger partial charge is 0.386 e. The fraction of sp³-hybridized carbons (Fsp3) is 0.143. The summed E-state index contributed by atoms with van der Waals surface area (Å²) in [5.41, 5.74) is 0.145. The molecule has 0 spiro atoms. The molecule has 0 heterocycles. The molecule has 2 rings (SSSR count). The van der Waals surface area contributed by atoms with Gasteiger partial charge in [0.1, 0.15) is 17.5 Å². The van der Waals surface area contributed by atoms with E-state index < -0.39 is 23.6 Å². The van der Waals surface area contributed by atoms with Crippen molar-refractivity contribution in [2.45, 2.75) is 6.10 Å². The lowest BCUT2D eigenvalue weighted by atomic mass is 10.1. The smallest absolute Gasteiger partial charge is 0.147 e. The van der Waals surface area contributed by atoms with Crippen LogP contribution >= 0.6 is 15.9 Å². The van der Waals surface area contributed by atoms with Gasteiger partial charge < -0.3 is 10.4 Å². The number of benzene rings is 2. The van der Waals surface area contributed by atoms with Crippen molar-refractivity contribution in [3.05, 3.63) is 63.9 Å². The normalized spacial score (nSPS) is 12.2. The number of anilines is 1. The molecule has 0 aliphatic carbocycles. The molecule has 0 saturated carbocycles. The highest BCUT2D eigenvalue weighted by molar-refractivity contribution is 9.10. The van der Waals surface area contributed by atoms with Crippen LogP contribution in [0.1, 0.15) is 11.7 Å². The van der Waals surface area contributed by atoms with E-state index in [1.807, 2.05) is 0 Å². The molecule has 106 valence electrons. The van der Waals surface area contributed by atoms with Crippen LogP contribution in [0.15, 0.2) is 40.9 Å². The number of halogens is 4. The highest BCUT2D eigenvalue weighted by Crippen LogP contribution is 2.22. The van der Waals surface area contributed by atoms with Crippen molar-refractivity contribution in [2.75, 3.05) is 11.9 Å². The van der Waals surface area contributed by atoms with Crippen LogP contribution in [0.4, 0.5) is 18.9 Å². The molecule has 0 radical (unpaired) electrons. The van der Waals surface area contributed by atoms with E-state index >= 15 is 0 Å². The van der Waals surface area contributed by atoms with Crippen molar-refractivity contribution in [1.29, 1.82) is 0 Å². The molecule has 0 aromatic heterocycles. The summed E-state index contributed by atoms with van der Waals surface area (Å²) in [6, 6.07) is 7.31. The van der Waals surface area contributed by atoms with E-state index in [0.717, 1.165) is 12.1 Å². The average molecular weight is 346 g/mol. The summed E-state index contributed by atoms with van der Waals surface area (Å²) in [6.07, 6.45) is -1.21. The number of aliphatic hydroxyl groups excluding tert-OH is 1. The Labute approximate surface area is 122 Å². The van der Waals surface area contributed by atoms with Crippen molar-refractivity contribution >= 4 is 21.6 Å². The highest BCUT2D eigenvalue weighted by atomic mass is 79.9. The van der Waals surface area contributed by atoms with Crippen LogP contribution in [0.5, 0.6) is 0 Å².